The van der Waals surface area contributed by atoms with Crippen LogP contribution in [-0.4, -0.2) is 0 Å². The molecule has 1 aliphatic heterocycles. The lowest BCUT2D eigenvalue weighted by atomic mass is 9.78. The fourth-order valence-electron chi connectivity index (χ4n) is 2.13. The molecule has 0 aromatic rings. The highest BCUT2D eigenvalue weighted by Crippen LogP contribution is 2.38. The highest BCUT2D eigenvalue weighted by atomic mass is 35.5. The van der Waals surface area contributed by atoms with Crippen molar-refractivity contribution in [1.82, 2.24) is 0 Å². The Morgan fingerprint density at radius 1 is 1.67 bits per heavy atom. The second-order valence-corrected chi connectivity index (χ2v) is 4.34. The molecule has 4 heteroatoms. The molecule has 0 radical (unpaired) electrons. The van der Waals surface area contributed by atoms with Crippen molar-refractivity contribution in [3.8, 4) is 6.07 Å². The molecule has 0 bridgehead atoms. The van der Waals surface area contributed by atoms with Crippen LogP contribution in [0.15, 0.2) is 47.1 Å². The van der Waals surface area contributed by atoms with Crippen molar-refractivity contribution in [1.29, 1.82) is 5.26 Å². The van der Waals surface area contributed by atoms with Crippen LogP contribution >= 0.6 is 11.6 Å². The van der Waals surface area contributed by atoms with E-state index < -0.39 is 0 Å². The molecule has 2 atom stereocenters. The van der Waals surface area contributed by atoms with E-state index in [0.29, 0.717) is 11.6 Å². The Labute approximate surface area is 113 Å². The fraction of sp³-hybridized carbons (Fsp3) is 0.357. The summed E-state index contributed by atoms with van der Waals surface area (Å²) in [5, 5.41) is 9.27. The molecule has 2 unspecified atom stereocenters. The highest BCUT2D eigenvalue weighted by molar-refractivity contribution is 6.25. The molecule has 0 aromatic heterocycles. The summed E-state index contributed by atoms with van der Waals surface area (Å²) in [6.07, 6.45) is 4.05. The number of halogens is 1. The maximum Gasteiger partial charge on any atom is 0.190 e. The number of nitrogens with zero attached hydrogens (tertiary/aromatic N) is 1. The van der Waals surface area contributed by atoms with E-state index in [0.717, 1.165) is 17.6 Å². The average molecular weight is 265 g/mol. The first-order valence-electron chi connectivity index (χ1n) is 5.77. The van der Waals surface area contributed by atoms with Gasteiger partial charge in [-0.1, -0.05) is 25.1 Å². The summed E-state index contributed by atoms with van der Waals surface area (Å²) in [5.74, 6) is 0.644. The molecule has 1 heterocycles. The van der Waals surface area contributed by atoms with Crippen molar-refractivity contribution in [2.75, 3.05) is 0 Å². The third-order valence-electron chi connectivity index (χ3n) is 3.13. The van der Waals surface area contributed by atoms with E-state index in [-0.39, 0.29) is 11.8 Å². The lowest BCUT2D eigenvalue weighted by Crippen LogP contribution is -2.25. The highest BCUT2D eigenvalue weighted by Gasteiger charge is 2.32. The summed E-state index contributed by atoms with van der Waals surface area (Å²) in [6, 6.07) is 2.31. The van der Waals surface area contributed by atoms with Gasteiger partial charge in [0.2, 0.25) is 0 Å². The third kappa shape index (κ3) is 2.60. The Hall–Kier alpha value is -1.66. The van der Waals surface area contributed by atoms with Crippen molar-refractivity contribution in [3.63, 3.8) is 0 Å². The van der Waals surface area contributed by atoms with Gasteiger partial charge in [0, 0.05) is 17.0 Å². The van der Waals surface area contributed by atoms with E-state index >= 15 is 0 Å². The zero-order valence-corrected chi connectivity index (χ0v) is 11.4. The molecular formula is C14H17ClN2O. The van der Waals surface area contributed by atoms with Crippen LogP contribution in [0.2, 0.25) is 0 Å². The number of allylic oxidation sites excluding steroid dienone is 4. The van der Waals surface area contributed by atoms with E-state index in [1.807, 2.05) is 13.8 Å². The van der Waals surface area contributed by atoms with Crippen molar-refractivity contribution in [2.45, 2.75) is 20.3 Å². The molecule has 3 nitrogen and oxygen atoms in total. The Bertz CT molecular complexity index is 469. The number of hydrogen-bond acceptors (Lipinski definition) is 3. The van der Waals surface area contributed by atoms with Crippen molar-refractivity contribution >= 4 is 11.6 Å². The summed E-state index contributed by atoms with van der Waals surface area (Å²) in [7, 11) is 0. The van der Waals surface area contributed by atoms with Crippen LogP contribution in [0.4, 0.5) is 0 Å². The quantitative estimate of drug-likeness (QED) is 0.844. The molecule has 0 saturated heterocycles. The molecule has 96 valence electrons. The normalized spacial score (nSPS) is 21.8. The molecule has 18 heavy (non-hydrogen) atoms. The Kier molecular flexibility index (Phi) is 5.06. The van der Waals surface area contributed by atoms with E-state index in [9.17, 15) is 5.26 Å². The standard InChI is InChI=1S/C14H17ClN2O/c1-4-10(8-16)13-9(3)14(17)18-12(5-2)11(13)6-7-15/h5-7,10,13H,2,4,17H2,1,3H3/b7-6+. The van der Waals surface area contributed by atoms with Gasteiger partial charge >= 0.3 is 0 Å². The maximum atomic E-state index is 9.27. The van der Waals surface area contributed by atoms with Gasteiger partial charge in [0.25, 0.3) is 0 Å². The van der Waals surface area contributed by atoms with E-state index in [4.69, 9.17) is 22.1 Å². The first-order valence-corrected chi connectivity index (χ1v) is 6.21. The van der Waals surface area contributed by atoms with Crippen molar-refractivity contribution < 1.29 is 4.74 Å². The smallest absolute Gasteiger partial charge is 0.190 e. The van der Waals surface area contributed by atoms with Crippen LogP contribution in [0.1, 0.15) is 20.3 Å². The Morgan fingerprint density at radius 3 is 2.78 bits per heavy atom. The first kappa shape index (κ1) is 14.4. The lowest BCUT2D eigenvalue weighted by Gasteiger charge is -2.30. The summed E-state index contributed by atoms with van der Waals surface area (Å²) < 4.78 is 5.48. The molecule has 0 amide bonds. The van der Waals surface area contributed by atoms with Gasteiger partial charge in [-0.25, -0.2) is 0 Å². The Balaban J connectivity index is 3.36. The number of nitrogens with two attached hydrogens (primary N) is 1. The van der Waals surface area contributed by atoms with Crippen LogP contribution in [0.5, 0.6) is 0 Å². The predicted molar refractivity (Wildman–Crippen MR) is 73.1 cm³/mol. The van der Waals surface area contributed by atoms with Crippen molar-refractivity contribution in [2.24, 2.45) is 17.6 Å². The molecule has 0 aromatic carbocycles. The third-order valence-corrected chi connectivity index (χ3v) is 3.26. The molecule has 2 N–H and O–H groups in total. The minimum Gasteiger partial charge on any atom is -0.441 e. The second-order valence-electron chi connectivity index (χ2n) is 4.09. The largest absolute Gasteiger partial charge is 0.441 e. The monoisotopic (exact) mass is 264 g/mol. The molecular weight excluding hydrogens is 248 g/mol. The van der Waals surface area contributed by atoms with Gasteiger partial charge in [-0.05, 0) is 31.1 Å². The van der Waals surface area contributed by atoms with E-state index in [2.05, 4.69) is 12.6 Å². The SMILES string of the molecule is C=CC1=C(/C=C/Cl)C(C(C#N)CC)C(C)=C(N)O1. The van der Waals surface area contributed by atoms with Crippen LogP contribution in [0, 0.1) is 23.2 Å². The van der Waals surface area contributed by atoms with E-state index in [1.54, 1.807) is 12.2 Å². The van der Waals surface area contributed by atoms with Gasteiger partial charge in [-0.3, -0.25) is 0 Å². The average Bonchev–Trinajstić information content (AvgIpc) is 2.38. The van der Waals surface area contributed by atoms with Gasteiger partial charge in [-0.15, -0.1) is 0 Å². The summed E-state index contributed by atoms with van der Waals surface area (Å²) in [6.45, 7) is 7.55. The first-order chi connectivity index (χ1) is 8.60. The topological polar surface area (TPSA) is 59.0 Å². The number of ether oxygens (including phenoxy) is 1. The van der Waals surface area contributed by atoms with Crippen LogP contribution < -0.4 is 5.73 Å². The maximum absolute atomic E-state index is 9.27. The van der Waals surface area contributed by atoms with Crippen LogP contribution in [0.25, 0.3) is 0 Å². The molecule has 0 fully saturated rings. The predicted octanol–water partition coefficient (Wildman–Crippen LogP) is 3.57. The number of nitriles is 1. The zero-order valence-electron chi connectivity index (χ0n) is 10.6. The summed E-state index contributed by atoms with van der Waals surface area (Å²) >= 11 is 5.66. The van der Waals surface area contributed by atoms with E-state index in [1.165, 1.54) is 5.54 Å². The Morgan fingerprint density at radius 2 is 2.33 bits per heavy atom. The lowest BCUT2D eigenvalue weighted by molar-refractivity contribution is 0.275. The van der Waals surface area contributed by atoms with Gasteiger partial charge in [0.1, 0.15) is 5.76 Å². The van der Waals surface area contributed by atoms with Crippen molar-refractivity contribution in [3.05, 3.63) is 47.1 Å². The second kappa shape index (κ2) is 6.32. The van der Waals surface area contributed by atoms with Crippen LogP contribution in [0.3, 0.4) is 0 Å². The minimum absolute atomic E-state index is 0.100. The molecule has 0 saturated carbocycles. The summed E-state index contributed by atoms with van der Waals surface area (Å²) in [4.78, 5) is 0. The molecule has 0 spiro atoms. The van der Waals surface area contributed by atoms with Gasteiger partial charge in [0.15, 0.2) is 5.88 Å². The molecule has 1 aliphatic rings. The van der Waals surface area contributed by atoms with Gasteiger partial charge < -0.3 is 10.5 Å². The van der Waals surface area contributed by atoms with Crippen LogP contribution in [-0.2, 0) is 4.74 Å². The number of hydrogen-bond donors (Lipinski definition) is 1. The molecule has 1 rings (SSSR count). The molecule has 0 aliphatic carbocycles. The zero-order chi connectivity index (χ0) is 13.7. The van der Waals surface area contributed by atoms with Gasteiger partial charge in [0.05, 0.1) is 12.0 Å². The number of rotatable bonds is 4. The fourth-order valence-corrected chi connectivity index (χ4v) is 2.27. The van der Waals surface area contributed by atoms with Gasteiger partial charge in [-0.2, -0.15) is 5.26 Å². The summed E-state index contributed by atoms with van der Waals surface area (Å²) in [5.41, 5.74) is 8.97. The minimum atomic E-state index is -0.162.